The van der Waals surface area contributed by atoms with Crippen molar-refractivity contribution in [2.24, 2.45) is 24.4 Å². The van der Waals surface area contributed by atoms with Crippen LogP contribution < -0.4 is 33.1 Å². The monoisotopic (exact) mass is 929 g/mol. The van der Waals surface area contributed by atoms with E-state index in [1.165, 1.54) is 4.57 Å². The van der Waals surface area contributed by atoms with E-state index in [9.17, 15) is 38.4 Å². The number of imidazole rings is 1. The Hall–Kier alpha value is -6.62. The van der Waals surface area contributed by atoms with E-state index in [1.54, 1.807) is 21.4 Å². The van der Waals surface area contributed by atoms with Gasteiger partial charge in [-0.2, -0.15) is 0 Å². The Bertz CT molecular complexity index is 2550. The van der Waals surface area contributed by atoms with Crippen molar-refractivity contribution in [1.82, 2.24) is 34.9 Å². The summed E-state index contributed by atoms with van der Waals surface area (Å²) in [6, 6.07) is 20.3. The van der Waals surface area contributed by atoms with Crippen molar-refractivity contribution in [3.8, 4) is 0 Å². The summed E-state index contributed by atoms with van der Waals surface area (Å²) >= 11 is 0. The van der Waals surface area contributed by atoms with Gasteiger partial charge in [0, 0.05) is 45.4 Å². The van der Waals surface area contributed by atoms with Crippen molar-refractivity contribution in [2.75, 3.05) is 13.1 Å². The molecule has 7 amide bonds. The number of amides is 7. The van der Waals surface area contributed by atoms with E-state index >= 15 is 0 Å². The highest BCUT2D eigenvalue weighted by atomic mass is 16.2. The Morgan fingerprint density at radius 3 is 2.15 bits per heavy atom. The quantitative estimate of drug-likeness (QED) is 0.110. The summed E-state index contributed by atoms with van der Waals surface area (Å²) < 4.78 is 3.08. The highest BCUT2D eigenvalue weighted by Gasteiger charge is 2.45. The van der Waals surface area contributed by atoms with Crippen LogP contribution in [0, 0.1) is 5.92 Å². The van der Waals surface area contributed by atoms with Crippen LogP contribution in [-0.4, -0.2) is 97.5 Å². The molecule has 4 aromatic rings. The van der Waals surface area contributed by atoms with Gasteiger partial charge in [-0.1, -0.05) is 66.7 Å². The summed E-state index contributed by atoms with van der Waals surface area (Å²) in [6.07, 6.45) is 7.65. The molecule has 1 unspecified atom stereocenters. The molecule has 0 bridgehead atoms. The van der Waals surface area contributed by atoms with Gasteiger partial charge in [-0.25, -0.2) is 4.79 Å². The van der Waals surface area contributed by atoms with Gasteiger partial charge in [0.2, 0.25) is 41.4 Å². The second kappa shape index (κ2) is 21.1. The van der Waals surface area contributed by atoms with Crippen molar-refractivity contribution >= 4 is 52.4 Å². The maximum absolute atomic E-state index is 14.0. The molecule has 5 atom stereocenters. The SMILES string of the molecule is Cn1c(=O)n(C2CCC(=O)NC2=O)c2ccc([C@H]3CC[C@@H](CCCC(=O)N4CC[C@H]5CC[C@@H](C(=O)N[C@@H](CCC(N)=O)C(=O)NC(c6ccccc6)c6ccccc6)N5C(=O)[C@@H](N)C4)CC3)cc21. The van der Waals surface area contributed by atoms with Crippen LogP contribution >= 0.6 is 0 Å². The molecule has 1 aromatic heterocycles. The number of aryl methyl sites for hydroxylation is 1. The number of aromatic nitrogens is 2. The summed E-state index contributed by atoms with van der Waals surface area (Å²) in [7, 11) is 1.71. The summed E-state index contributed by atoms with van der Waals surface area (Å²) in [4.78, 5) is 108. The van der Waals surface area contributed by atoms with Crippen LogP contribution in [0.2, 0.25) is 0 Å². The third-order valence-corrected chi connectivity index (χ3v) is 14.7. The second-order valence-electron chi connectivity index (χ2n) is 19.1. The number of imide groups is 1. The van der Waals surface area contributed by atoms with Gasteiger partial charge >= 0.3 is 5.69 Å². The van der Waals surface area contributed by atoms with Gasteiger partial charge in [-0.3, -0.25) is 48.0 Å². The number of carbonyl (C=O) groups is 7. The number of hydrogen-bond donors (Lipinski definition) is 5. The molecular weight excluding hydrogens is 867 g/mol. The van der Waals surface area contributed by atoms with Gasteiger partial charge in [0.1, 0.15) is 24.2 Å². The maximum Gasteiger partial charge on any atom is 0.329 e. The molecule has 68 heavy (non-hydrogen) atoms. The molecule has 17 nitrogen and oxygen atoms in total. The fourth-order valence-electron chi connectivity index (χ4n) is 11.0. The lowest BCUT2D eigenvalue weighted by molar-refractivity contribution is -0.145. The lowest BCUT2D eigenvalue weighted by Gasteiger charge is -2.38. The molecule has 17 heteroatoms. The second-order valence-corrected chi connectivity index (χ2v) is 19.1. The zero-order valence-corrected chi connectivity index (χ0v) is 38.6. The molecular formula is C51H63N9O8. The first-order valence-corrected chi connectivity index (χ1v) is 24.2. The van der Waals surface area contributed by atoms with Gasteiger partial charge < -0.3 is 31.9 Å². The third-order valence-electron chi connectivity index (χ3n) is 14.7. The molecule has 8 rings (SSSR count). The van der Waals surface area contributed by atoms with Crippen molar-refractivity contribution in [3.05, 3.63) is 106 Å². The fraction of sp³-hybridized carbons (Fsp3) is 0.490. The number of nitrogens with two attached hydrogens (primary N) is 2. The Kier molecular flexibility index (Phi) is 14.9. The van der Waals surface area contributed by atoms with E-state index in [4.69, 9.17) is 11.5 Å². The van der Waals surface area contributed by atoms with E-state index in [2.05, 4.69) is 22.0 Å². The van der Waals surface area contributed by atoms with Crippen molar-refractivity contribution in [2.45, 2.75) is 132 Å². The average Bonchev–Trinajstić information content (AvgIpc) is 3.87. The topological polar surface area (TPSA) is 241 Å². The minimum atomic E-state index is -1.10. The third kappa shape index (κ3) is 10.6. The number of nitrogens with zero attached hydrogens (tertiary/aromatic N) is 4. The Morgan fingerprint density at radius 2 is 1.49 bits per heavy atom. The van der Waals surface area contributed by atoms with Gasteiger partial charge in [0.25, 0.3) is 0 Å². The lowest BCUT2D eigenvalue weighted by atomic mass is 9.77. The van der Waals surface area contributed by atoms with Gasteiger partial charge in [0.15, 0.2) is 0 Å². The Morgan fingerprint density at radius 1 is 0.794 bits per heavy atom. The molecule has 4 aliphatic rings. The molecule has 0 spiro atoms. The largest absolute Gasteiger partial charge is 0.370 e. The first kappa shape index (κ1) is 47.9. The zero-order valence-electron chi connectivity index (χ0n) is 38.6. The van der Waals surface area contributed by atoms with Crippen molar-refractivity contribution < 1.29 is 33.6 Å². The van der Waals surface area contributed by atoms with E-state index in [0.29, 0.717) is 49.6 Å². The van der Waals surface area contributed by atoms with Crippen LogP contribution in [0.15, 0.2) is 83.7 Å². The van der Waals surface area contributed by atoms with Crippen LogP contribution in [-0.2, 0) is 40.6 Å². The normalized spacial score (nSPS) is 23.7. The summed E-state index contributed by atoms with van der Waals surface area (Å²) in [6.45, 7) is 0.439. The summed E-state index contributed by atoms with van der Waals surface area (Å²) in [5.41, 5.74) is 16.0. The van der Waals surface area contributed by atoms with Crippen LogP contribution in [0.25, 0.3) is 11.0 Å². The average molecular weight is 930 g/mol. The van der Waals surface area contributed by atoms with Gasteiger partial charge in [0.05, 0.1) is 17.1 Å². The molecule has 1 saturated carbocycles. The number of rotatable bonds is 15. The molecule has 3 aromatic carbocycles. The van der Waals surface area contributed by atoms with Crippen LogP contribution in [0.5, 0.6) is 0 Å². The Labute approximate surface area is 395 Å². The molecule has 4 heterocycles. The first-order valence-electron chi connectivity index (χ1n) is 24.2. The number of fused-ring (bicyclic) bond motifs is 2. The number of benzene rings is 3. The molecule has 360 valence electrons. The van der Waals surface area contributed by atoms with Crippen LogP contribution in [0.4, 0.5) is 0 Å². The Balaban J connectivity index is 0.824. The van der Waals surface area contributed by atoms with E-state index < -0.39 is 59.7 Å². The fourth-order valence-corrected chi connectivity index (χ4v) is 11.0. The first-order chi connectivity index (χ1) is 32.8. The number of hydrogen-bond acceptors (Lipinski definition) is 9. The number of nitrogens with one attached hydrogen (secondary N) is 3. The molecule has 4 fully saturated rings. The summed E-state index contributed by atoms with van der Waals surface area (Å²) in [5.74, 6) is -2.05. The molecule has 0 radical (unpaired) electrons. The number of piperidine rings is 1. The predicted molar refractivity (Wildman–Crippen MR) is 253 cm³/mol. The van der Waals surface area contributed by atoms with E-state index in [1.807, 2.05) is 72.8 Å². The smallest absolute Gasteiger partial charge is 0.329 e. The molecule has 3 aliphatic heterocycles. The van der Waals surface area contributed by atoms with E-state index in [-0.39, 0.29) is 55.8 Å². The standard InChI is InChI=1S/C51H63N9O8/c1-57-42-29-35(19-22-39(42)60(51(57)68)41-24-26-44(62)55-49(41)66)32-17-15-31(16-18-32)9-8-14-45(63)58-28-27-36-20-23-40(59(36)50(67)37(52)30-58)48(65)54-38(21-25-43(53)61)47(64)56-46(33-10-4-2-5-11-33)34-12-6-3-7-13-34/h2-7,10-13,19,22,29,31-32,36-38,40-41,46H,8-9,14-18,20-21,23-28,30,52H2,1H3,(H2,53,61)(H,54,65)(H,56,64)(H,55,62,66)/t31-,32+,36-,37+,38+,40+,41?/m1/s1. The van der Waals surface area contributed by atoms with Crippen LogP contribution in [0.3, 0.4) is 0 Å². The highest BCUT2D eigenvalue weighted by molar-refractivity contribution is 6.00. The lowest BCUT2D eigenvalue weighted by Crippen LogP contribution is -2.60. The molecule has 1 aliphatic carbocycles. The number of primary amides is 1. The van der Waals surface area contributed by atoms with Crippen molar-refractivity contribution in [1.29, 1.82) is 0 Å². The van der Waals surface area contributed by atoms with Crippen LogP contribution in [0.1, 0.15) is 125 Å². The maximum atomic E-state index is 14.0. The van der Waals surface area contributed by atoms with Gasteiger partial charge in [-0.15, -0.1) is 0 Å². The molecule has 7 N–H and O–H groups in total. The predicted octanol–water partition coefficient (Wildman–Crippen LogP) is 3.34. The van der Waals surface area contributed by atoms with Gasteiger partial charge in [-0.05, 0) is 111 Å². The highest BCUT2D eigenvalue weighted by Crippen LogP contribution is 2.39. The minimum absolute atomic E-state index is 0.0293. The van der Waals surface area contributed by atoms with E-state index in [0.717, 1.165) is 60.7 Å². The zero-order chi connectivity index (χ0) is 48.1. The molecule has 3 saturated heterocycles. The number of carbonyl (C=O) groups excluding carboxylic acids is 7. The summed E-state index contributed by atoms with van der Waals surface area (Å²) in [5, 5.41) is 8.27. The van der Waals surface area contributed by atoms with Crippen molar-refractivity contribution in [3.63, 3.8) is 0 Å². The minimum Gasteiger partial charge on any atom is -0.370 e.